The molecular weight excluding hydrogens is 230 g/mol. The monoisotopic (exact) mass is 241 g/mol. The van der Waals surface area contributed by atoms with Gasteiger partial charge in [0.1, 0.15) is 11.4 Å². The van der Waals surface area contributed by atoms with E-state index in [-0.39, 0.29) is 10.7 Å². The third-order valence-corrected chi connectivity index (χ3v) is 2.97. The molecule has 5 nitrogen and oxygen atoms in total. The fourth-order valence-corrected chi connectivity index (χ4v) is 2.05. The second-order valence-electron chi connectivity index (χ2n) is 3.86. The third kappa shape index (κ3) is 2.41. The molecule has 6 heteroatoms. The molecule has 86 valence electrons. The first-order valence-corrected chi connectivity index (χ1v) is 5.57. The summed E-state index contributed by atoms with van der Waals surface area (Å²) in [6.07, 6.45) is 4.58. The van der Waals surface area contributed by atoms with E-state index in [1.165, 1.54) is 18.9 Å². The fourth-order valence-electron chi connectivity index (χ4n) is 1.88. The number of rotatable bonds is 3. The van der Waals surface area contributed by atoms with Crippen molar-refractivity contribution in [1.82, 2.24) is 10.2 Å². The summed E-state index contributed by atoms with van der Waals surface area (Å²) < 4.78 is 0. The summed E-state index contributed by atoms with van der Waals surface area (Å²) in [5.41, 5.74) is -0.0165. The average molecular weight is 242 g/mol. The Morgan fingerprint density at radius 1 is 1.44 bits per heavy atom. The number of anilines is 1. The summed E-state index contributed by atoms with van der Waals surface area (Å²) in [7, 11) is 0. The highest BCUT2D eigenvalue weighted by atomic mass is 35.5. The minimum atomic E-state index is -1.09. The first-order valence-electron chi connectivity index (χ1n) is 5.20. The highest BCUT2D eigenvalue weighted by molar-refractivity contribution is 6.32. The zero-order valence-electron chi connectivity index (χ0n) is 8.61. The lowest BCUT2D eigenvalue weighted by Gasteiger charge is -2.12. The van der Waals surface area contributed by atoms with Gasteiger partial charge in [-0.3, -0.25) is 0 Å². The SMILES string of the molecule is O=C(O)c1cc(NC2CCCC2)nnc1Cl. The minimum Gasteiger partial charge on any atom is -0.478 e. The number of halogens is 1. The minimum absolute atomic E-state index is 0.0165. The molecule has 0 amide bonds. The predicted octanol–water partition coefficient (Wildman–Crippen LogP) is 2.18. The lowest BCUT2D eigenvalue weighted by atomic mass is 10.2. The van der Waals surface area contributed by atoms with Gasteiger partial charge in [-0.05, 0) is 12.8 Å². The first kappa shape index (κ1) is 11.1. The largest absolute Gasteiger partial charge is 0.478 e. The molecule has 1 aromatic rings. The molecule has 0 bridgehead atoms. The zero-order valence-corrected chi connectivity index (χ0v) is 9.37. The van der Waals surface area contributed by atoms with Crippen molar-refractivity contribution in [3.05, 3.63) is 16.8 Å². The zero-order chi connectivity index (χ0) is 11.5. The van der Waals surface area contributed by atoms with E-state index in [4.69, 9.17) is 16.7 Å². The van der Waals surface area contributed by atoms with Crippen LogP contribution in [0, 0.1) is 0 Å². The van der Waals surface area contributed by atoms with Crippen LogP contribution in [-0.2, 0) is 0 Å². The lowest BCUT2D eigenvalue weighted by Crippen LogP contribution is -2.16. The Kier molecular flexibility index (Phi) is 3.24. The van der Waals surface area contributed by atoms with Crippen molar-refractivity contribution in [1.29, 1.82) is 0 Å². The first-order chi connectivity index (χ1) is 7.66. The summed E-state index contributed by atoms with van der Waals surface area (Å²) in [5.74, 6) is -0.608. The van der Waals surface area contributed by atoms with Gasteiger partial charge in [0.25, 0.3) is 0 Å². The Morgan fingerprint density at radius 2 is 2.12 bits per heavy atom. The molecule has 0 aromatic carbocycles. The van der Waals surface area contributed by atoms with Gasteiger partial charge in [-0.2, -0.15) is 0 Å². The number of aromatic carboxylic acids is 1. The Hall–Kier alpha value is -1.36. The van der Waals surface area contributed by atoms with Crippen LogP contribution in [0.3, 0.4) is 0 Å². The van der Waals surface area contributed by atoms with Crippen molar-refractivity contribution < 1.29 is 9.90 Å². The number of nitrogens with zero attached hydrogens (tertiary/aromatic N) is 2. The quantitative estimate of drug-likeness (QED) is 0.848. The molecule has 16 heavy (non-hydrogen) atoms. The van der Waals surface area contributed by atoms with E-state index in [9.17, 15) is 4.79 Å². The molecule has 1 heterocycles. The molecule has 1 fully saturated rings. The normalized spacial score (nSPS) is 16.3. The topological polar surface area (TPSA) is 75.1 Å². The van der Waals surface area contributed by atoms with E-state index in [1.54, 1.807) is 0 Å². The highest BCUT2D eigenvalue weighted by Gasteiger charge is 2.17. The summed E-state index contributed by atoms with van der Waals surface area (Å²) >= 11 is 5.63. The van der Waals surface area contributed by atoms with Crippen LogP contribution in [-0.4, -0.2) is 27.3 Å². The van der Waals surface area contributed by atoms with Gasteiger partial charge in [-0.15, -0.1) is 10.2 Å². The molecule has 1 saturated carbocycles. The highest BCUT2D eigenvalue weighted by Crippen LogP contribution is 2.22. The summed E-state index contributed by atoms with van der Waals surface area (Å²) in [5, 5.41) is 19.4. The van der Waals surface area contributed by atoms with Gasteiger partial charge in [0.05, 0.1) is 0 Å². The standard InChI is InChI=1S/C10H12ClN3O2/c11-9-7(10(15)16)5-8(13-14-9)12-6-3-1-2-4-6/h5-6H,1-4H2,(H,12,13)(H,15,16). The van der Waals surface area contributed by atoms with E-state index >= 15 is 0 Å². The Labute approximate surface area is 97.8 Å². The van der Waals surface area contributed by atoms with Gasteiger partial charge in [-0.25, -0.2) is 4.79 Å². The molecular formula is C10H12ClN3O2. The van der Waals surface area contributed by atoms with Crippen LogP contribution in [0.4, 0.5) is 5.82 Å². The van der Waals surface area contributed by atoms with Gasteiger partial charge < -0.3 is 10.4 Å². The van der Waals surface area contributed by atoms with Crippen LogP contribution in [0.2, 0.25) is 5.15 Å². The third-order valence-electron chi connectivity index (χ3n) is 2.69. The van der Waals surface area contributed by atoms with Gasteiger partial charge in [0.2, 0.25) is 0 Å². The van der Waals surface area contributed by atoms with Crippen LogP contribution in [0.5, 0.6) is 0 Å². The van der Waals surface area contributed by atoms with Crippen LogP contribution in [0.1, 0.15) is 36.0 Å². The summed E-state index contributed by atoms with van der Waals surface area (Å²) in [4.78, 5) is 10.8. The van der Waals surface area contributed by atoms with E-state index in [2.05, 4.69) is 15.5 Å². The van der Waals surface area contributed by atoms with Crippen LogP contribution in [0.15, 0.2) is 6.07 Å². The number of nitrogens with one attached hydrogen (secondary N) is 1. The maximum atomic E-state index is 10.8. The maximum absolute atomic E-state index is 10.8. The molecule has 0 saturated heterocycles. The van der Waals surface area contributed by atoms with Gasteiger partial charge in [0, 0.05) is 12.1 Å². The number of carbonyl (C=O) groups is 1. The molecule has 0 radical (unpaired) electrons. The van der Waals surface area contributed by atoms with Crippen molar-refractivity contribution in [2.75, 3.05) is 5.32 Å². The van der Waals surface area contributed by atoms with Crippen molar-refractivity contribution in [3.8, 4) is 0 Å². The van der Waals surface area contributed by atoms with E-state index in [0.29, 0.717) is 11.9 Å². The van der Waals surface area contributed by atoms with E-state index < -0.39 is 5.97 Å². The van der Waals surface area contributed by atoms with Crippen molar-refractivity contribution in [2.45, 2.75) is 31.7 Å². The number of hydrogen-bond donors (Lipinski definition) is 2. The van der Waals surface area contributed by atoms with Gasteiger partial charge in [0.15, 0.2) is 5.15 Å². The van der Waals surface area contributed by atoms with Gasteiger partial charge in [-0.1, -0.05) is 24.4 Å². The fraction of sp³-hybridized carbons (Fsp3) is 0.500. The smallest absolute Gasteiger partial charge is 0.339 e. The summed E-state index contributed by atoms with van der Waals surface area (Å²) in [6.45, 7) is 0. The van der Waals surface area contributed by atoms with Gasteiger partial charge >= 0.3 is 5.97 Å². The second kappa shape index (κ2) is 4.65. The van der Waals surface area contributed by atoms with E-state index in [0.717, 1.165) is 12.8 Å². The van der Waals surface area contributed by atoms with Crippen molar-refractivity contribution >= 4 is 23.4 Å². The number of hydrogen-bond acceptors (Lipinski definition) is 4. The van der Waals surface area contributed by atoms with E-state index in [1.807, 2.05) is 0 Å². The molecule has 0 unspecified atom stereocenters. The number of aromatic nitrogens is 2. The van der Waals surface area contributed by atoms with Crippen molar-refractivity contribution in [3.63, 3.8) is 0 Å². The Bertz CT molecular complexity index is 405. The maximum Gasteiger partial charge on any atom is 0.339 e. The molecule has 0 aliphatic heterocycles. The van der Waals surface area contributed by atoms with Crippen molar-refractivity contribution in [2.24, 2.45) is 0 Å². The Morgan fingerprint density at radius 3 is 2.75 bits per heavy atom. The lowest BCUT2D eigenvalue weighted by molar-refractivity contribution is 0.0696. The van der Waals surface area contributed by atoms with Crippen LogP contribution < -0.4 is 5.32 Å². The van der Waals surface area contributed by atoms with Crippen LogP contribution >= 0.6 is 11.6 Å². The molecule has 0 spiro atoms. The average Bonchev–Trinajstić information content (AvgIpc) is 2.73. The molecule has 2 N–H and O–H groups in total. The molecule has 1 aliphatic carbocycles. The molecule has 1 aromatic heterocycles. The number of carboxylic acids is 1. The Balaban J connectivity index is 2.15. The molecule has 1 aliphatic rings. The number of carboxylic acid groups (broad SMARTS) is 1. The molecule has 2 rings (SSSR count). The van der Waals surface area contributed by atoms with Crippen LogP contribution in [0.25, 0.3) is 0 Å². The molecule has 0 atom stereocenters. The second-order valence-corrected chi connectivity index (χ2v) is 4.22. The predicted molar refractivity (Wildman–Crippen MR) is 59.9 cm³/mol. The summed E-state index contributed by atoms with van der Waals surface area (Å²) in [6, 6.07) is 1.80.